The van der Waals surface area contributed by atoms with Crippen molar-refractivity contribution in [2.24, 2.45) is 11.8 Å². The van der Waals surface area contributed by atoms with Crippen molar-refractivity contribution in [3.05, 3.63) is 11.8 Å². The van der Waals surface area contributed by atoms with Gasteiger partial charge in [-0.1, -0.05) is 11.8 Å². The molecule has 0 aromatic carbocycles. The summed E-state index contributed by atoms with van der Waals surface area (Å²) in [6.07, 6.45) is 7.62. The third kappa shape index (κ3) is 2.26. The fourth-order valence-electron chi connectivity index (χ4n) is 2.76. The molecule has 2 aliphatic rings. The van der Waals surface area contributed by atoms with E-state index >= 15 is 0 Å². The lowest BCUT2D eigenvalue weighted by Crippen LogP contribution is -2.19. The van der Waals surface area contributed by atoms with Gasteiger partial charge in [0.25, 0.3) is 0 Å². The van der Waals surface area contributed by atoms with Crippen LogP contribution in [-0.4, -0.2) is 27.4 Å². The Morgan fingerprint density at radius 3 is 2.82 bits per heavy atom. The van der Waals surface area contributed by atoms with Crippen LogP contribution in [0.5, 0.6) is 0 Å². The molecular formula is C12H17N3OS. The molecule has 1 aromatic rings. The first kappa shape index (κ1) is 11.3. The van der Waals surface area contributed by atoms with Gasteiger partial charge in [0.15, 0.2) is 5.16 Å². The Kier molecular flexibility index (Phi) is 2.96. The molecule has 2 N–H and O–H groups in total. The average Bonchev–Trinajstić information content (AvgIpc) is 2.97. The zero-order chi connectivity index (χ0) is 11.8. The summed E-state index contributed by atoms with van der Waals surface area (Å²) in [5, 5.41) is 13.5. The molecule has 0 radical (unpaired) electrons. The lowest BCUT2D eigenvalue weighted by atomic mass is 10.1. The number of nitrogens with zero attached hydrogens (tertiary/aromatic N) is 2. The van der Waals surface area contributed by atoms with Gasteiger partial charge in [0.2, 0.25) is 0 Å². The molecule has 4 nitrogen and oxygen atoms in total. The van der Waals surface area contributed by atoms with E-state index in [4.69, 9.17) is 0 Å². The normalized spacial score (nSPS) is 30.1. The van der Waals surface area contributed by atoms with E-state index in [1.54, 1.807) is 6.20 Å². The van der Waals surface area contributed by atoms with Gasteiger partial charge < -0.3 is 10.4 Å². The lowest BCUT2D eigenvalue weighted by Gasteiger charge is -2.17. The van der Waals surface area contributed by atoms with E-state index in [0.29, 0.717) is 6.04 Å². The second-order valence-corrected chi connectivity index (χ2v) is 5.73. The predicted molar refractivity (Wildman–Crippen MR) is 68.0 cm³/mol. The van der Waals surface area contributed by atoms with Crippen molar-refractivity contribution in [2.45, 2.75) is 37.1 Å². The summed E-state index contributed by atoms with van der Waals surface area (Å²) in [7, 11) is 0. The lowest BCUT2D eigenvalue weighted by molar-refractivity contribution is 0.281. The summed E-state index contributed by atoms with van der Waals surface area (Å²) in [6, 6.07) is 0.536. The second kappa shape index (κ2) is 4.46. The van der Waals surface area contributed by atoms with E-state index < -0.39 is 0 Å². The van der Waals surface area contributed by atoms with Crippen LogP contribution in [0.4, 0.5) is 5.82 Å². The van der Waals surface area contributed by atoms with E-state index in [1.807, 2.05) is 6.26 Å². The highest BCUT2D eigenvalue weighted by molar-refractivity contribution is 7.98. The van der Waals surface area contributed by atoms with Gasteiger partial charge in [-0.15, -0.1) is 0 Å². The van der Waals surface area contributed by atoms with Crippen molar-refractivity contribution in [2.75, 3.05) is 11.6 Å². The minimum atomic E-state index is -0.00340. The van der Waals surface area contributed by atoms with Crippen LogP contribution < -0.4 is 5.32 Å². The highest BCUT2D eigenvalue weighted by Gasteiger charge is 2.45. The van der Waals surface area contributed by atoms with Crippen molar-refractivity contribution in [1.82, 2.24) is 9.97 Å². The summed E-state index contributed by atoms with van der Waals surface area (Å²) in [4.78, 5) is 8.62. The maximum atomic E-state index is 9.29. The molecule has 0 bridgehead atoms. The zero-order valence-corrected chi connectivity index (χ0v) is 10.7. The zero-order valence-electron chi connectivity index (χ0n) is 9.89. The van der Waals surface area contributed by atoms with Crippen LogP contribution >= 0.6 is 11.8 Å². The molecule has 1 aromatic heterocycles. The van der Waals surface area contributed by atoms with E-state index in [1.165, 1.54) is 31.0 Å². The standard InChI is InChI=1S/C12H17N3OS/c1-17-12-13-5-9(6-16)11(15-12)14-10-3-7-2-8(7)4-10/h5,7-8,10,16H,2-4,6H2,1H3,(H,13,14,15). The third-order valence-corrected chi connectivity index (χ3v) is 4.34. The Labute approximate surface area is 105 Å². The molecule has 0 aliphatic heterocycles. The van der Waals surface area contributed by atoms with Crippen LogP contribution in [0.2, 0.25) is 0 Å². The van der Waals surface area contributed by atoms with Crippen LogP contribution in [0.15, 0.2) is 11.4 Å². The molecule has 0 saturated heterocycles. The van der Waals surface area contributed by atoms with Crippen LogP contribution in [0.3, 0.4) is 0 Å². The molecular weight excluding hydrogens is 234 g/mol. The van der Waals surface area contributed by atoms with Gasteiger partial charge in [0.05, 0.1) is 6.61 Å². The summed E-state index contributed by atoms with van der Waals surface area (Å²) in [5.41, 5.74) is 0.795. The predicted octanol–water partition coefficient (Wildman–Crippen LogP) is 1.90. The molecule has 2 saturated carbocycles. The molecule has 2 unspecified atom stereocenters. The number of rotatable bonds is 4. The Hall–Kier alpha value is -0.810. The molecule has 0 amide bonds. The number of aromatic nitrogens is 2. The van der Waals surface area contributed by atoms with E-state index in [-0.39, 0.29) is 6.61 Å². The van der Waals surface area contributed by atoms with Crippen molar-refractivity contribution >= 4 is 17.6 Å². The van der Waals surface area contributed by atoms with Gasteiger partial charge in [0, 0.05) is 17.8 Å². The third-order valence-electron chi connectivity index (χ3n) is 3.78. The first-order valence-corrected chi connectivity index (χ1v) is 7.30. The van der Waals surface area contributed by atoms with Gasteiger partial charge in [-0.2, -0.15) is 0 Å². The van der Waals surface area contributed by atoms with Crippen LogP contribution in [0.25, 0.3) is 0 Å². The van der Waals surface area contributed by atoms with Gasteiger partial charge in [0.1, 0.15) is 5.82 Å². The first-order chi connectivity index (χ1) is 8.30. The number of hydrogen-bond acceptors (Lipinski definition) is 5. The number of thioether (sulfide) groups is 1. The smallest absolute Gasteiger partial charge is 0.189 e. The summed E-state index contributed by atoms with van der Waals surface area (Å²) < 4.78 is 0. The molecule has 0 spiro atoms. The molecule has 2 atom stereocenters. The van der Waals surface area contributed by atoms with Crippen LogP contribution in [0.1, 0.15) is 24.8 Å². The molecule has 92 valence electrons. The molecule has 17 heavy (non-hydrogen) atoms. The molecule has 3 rings (SSSR count). The quantitative estimate of drug-likeness (QED) is 0.632. The van der Waals surface area contributed by atoms with Crippen LogP contribution in [0, 0.1) is 11.8 Å². The van der Waals surface area contributed by atoms with Gasteiger partial charge in [-0.25, -0.2) is 9.97 Å². The molecule has 2 fully saturated rings. The highest BCUT2D eigenvalue weighted by Crippen LogP contribution is 2.52. The molecule has 2 aliphatic carbocycles. The average molecular weight is 251 g/mol. The van der Waals surface area contributed by atoms with Gasteiger partial charge >= 0.3 is 0 Å². The molecule has 1 heterocycles. The van der Waals surface area contributed by atoms with Crippen molar-refractivity contribution < 1.29 is 5.11 Å². The van der Waals surface area contributed by atoms with Gasteiger partial charge in [-0.05, 0) is 37.4 Å². The Balaban J connectivity index is 1.75. The monoisotopic (exact) mass is 251 g/mol. The minimum absolute atomic E-state index is 0.00340. The maximum absolute atomic E-state index is 9.29. The van der Waals surface area contributed by atoms with Gasteiger partial charge in [-0.3, -0.25) is 0 Å². The van der Waals surface area contributed by atoms with E-state index in [9.17, 15) is 5.11 Å². The molecule has 5 heteroatoms. The Morgan fingerprint density at radius 1 is 1.41 bits per heavy atom. The number of aliphatic hydroxyl groups excluding tert-OH is 1. The largest absolute Gasteiger partial charge is 0.391 e. The number of hydrogen-bond donors (Lipinski definition) is 2. The van der Waals surface area contributed by atoms with Crippen LogP contribution in [-0.2, 0) is 6.61 Å². The number of nitrogens with one attached hydrogen (secondary N) is 1. The number of fused-ring (bicyclic) bond motifs is 1. The number of aliphatic hydroxyl groups is 1. The van der Waals surface area contributed by atoms with Crippen molar-refractivity contribution in [3.63, 3.8) is 0 Å². The summed E-state index contributed by atoms with van der Waals surface area (Å²) in [6.45, 7) is -0.00340. The van der Waals surface area contributed by atoms with Crippen molar-refractivity contribution in [1.29, 1.82) is 0 Å². The second-order valence-electron chi connectivity index (χ2n) is 4.96. The highest BCUT2D eigenvalue weighted by atomic mass is 32.2. The minimum Gasteiger partial charge on any atom is -0.391 e. The van der Waals surface area contributed by atoms with E-state index in [0.717, 1.165) is 28.4 Å². The fourth-order valence-corrected chi connectivity index (χ4v) is 3.10. The SMILES string of the molecule is CSc1ncc(CO)c(NC2CC3CC3C2)n1. The van der Waals surface area contributed by atoms with Crippen molar-refractivity contribution in [3.8, 4) is 0 Å². The maximum Gasteiger partial charge on any atom is 0.189 e. The summed E-state index contributed by atoms with van der Waals surface area (Å²) in [5.74, 6) is 2.72. The Bertz CT molecular complexity index is 416. The topological polar surface area (TPSA) is 58.0 Å². The number of anilines is 1. The fraction of sp³-hybridized carbons (Fsp3) is 0.667. The first-order valence-electron chi connectivity index (χ1n) is 6.07. The van der Waals surface area contributed by atoms with E-state index in [2.05, 4.69) is 15.3 Å². The Morgan fingerprint density at radius 2 is 2.18 bits per heavy atom. The summed E-state index contributed by atoms with van der Waals surface area (Å²) >= 11 is 1.53.